The van der Waals surface area contributed by atoms with Crippen LogP contribution in [0.25, 0.3) is 0 Å². The number of halogens is 1. The van der Waals surface area contributed by atoms with E-state index in [2.05, 4.69) is 15.9 Å². The third-order valence-corrected chi connectivity index (χ3v) is 3.79. The second-order valence-electron chi connectivity index (χ2n) is 3.62. The molecule has 1 aromatic heterocycles. The van der Waals surface area contributed by atoms with Crippen molar-refractivity contribution in [2.24, 2.45) is 0 Å². The first-order valence-corrected chi connectivity index (χ1v) is 7.02. The zero-order valence-corrected chi connectivity index (χ0v) is 11.8. The van der Waals surface area contributed by atoms with Gasteiger partial charge in [0.15, 0.2) is 0 Å². The van der Waals surface area contributed by atoms with Crippen molar-refractivity contribution >= 4 is 33.2 Å². The number of benzene rings is 1. The van der Waals surface area contributed by atoms with Gasteiger partial charge in [0, 0.05) is 15.8 Å². The first-order valence-electron chi connectivity index (χ1n) is 5.35. The summed E-state index contributed by atoms with van der Waals surface area (Å²) >= 11 is 4.97. The van der Waals surface area contributed by atoms with Gasteiger partial charge in [-0.25, -0.2) is 4.79 Å². The van der Waals surface area contributed by atoms with Crippen LogP contribution in [0.3, 0.4) is 0 Å². The highest BCUT2D eigenvalue weighted by Crippen LogP contribution is 2.24. The Morgan fingerprint density at radius 3 is 2.89 bits per heavy atom. The third kappa shape index (κ3) is 3.34. The van der Waals surface area contributed by atoms with Crippen molar-refractivity contribution in [3.63, 3.8) is 0 Å². The van der Waals surface area contributed by atoms with Crippen molar-refractivity contribution in [1.82, 2.24) is 0 Å². The summed E-state index contributed by atoms with van der Waals surface area (Å²) in [4.78, 5) is 12.3. The van der Waals surface area contributed by atoms with Crippen LogP contribution in [-0.4, -0.2) is 17.7 Å². The van der Waals surface area contributed by atoms with Gasteiger partial charge in [-0.3, -0.25) is 0 Å². The second-order valence-corrected chi connectivity index (χ2v) is 5.57. The molecule has 0 aliphatic carbocycles. The smallest absolute Gasteiger partial charge is 0.339 e. The number of carboxylic acids is 1. The van der Waals surface area contributed by atoms with Crippen LogP contribution in [0.15, 0.2) is 40.2 Å². The number of hydrogen-bond acceptors (Lipinski definition) is 3. The van der Waals surface area contributed by atoms with Gasteiger partial charge in [0.25, 0.3) is 0 Å². The molecule has 0 saturated heterocycles. The normalized spacial score (nSPS) is 10.3. The standard InChI is InChI=1S/C13H11BrO3S/c14-9-3-4-11(13(15)16)12(8-9)17-6-5-10-2-1-7-18-10/h1-4,7-8H,5-6H2,(H,15,16). The molecule has 94 valence electrons. The van der Waals surface area contributed by atoms with Crippen molar-refractivity contribution in [3.8, 4) is 5.75 Å². The summed E-state index contributed by atoms with van der Waals surface area (Å²) in [6.45, 7) is 0.469. The molecule has 0 saturated carbocycles. The van der Waals surface area contributed by atoms with E-state index in [4.69, 9.17) is 9.84 Å². The lowest BCUT2D eigenvalue weighted by Crippen LogP contribution is -2.05. The van der Waals surface area contributed by atoms with Crippen LogP contribution in [0.5, 0.6) is 5.75 Å². The largest absolute Gasteiger partial charge is 0.492 e. The zero-order valence-electron chi connectivity index (χ0n) is 9.43. The van der Waals surface area contributed by atoms with Crippen molar-refractivity contribution in [2.45, 2.75) is 6.42 Å². The molecular formula is C13H11BrO3S. The number of thiophene rings is 1. The van der Waals surface area contributed by atoms with E-state index in [1.54, 1.807) is 23.5 Å². The Hall–Kier alpha value is -1.33. The highest BCUT2D eigenvalue weighted by molar-refractivity contribution is 9.10. The van der Waals surface area contributed by atoms with E-state index < -0.39 is 5.97 Å². The Balaban J connectivity index is 2.03. The first-order chi connectivity index (χ1) is 8.66. The molecule has 3 nitrogen and oxygen atoms in total. The van der Waals surface area contributed by atoms with Gasteiger partial charge in [0.2, 0.25) is 0 Å². The van der Waals surface area contributed by atoms with Gasteiger partial charge in [-0.1, -0.05) is 22.0 Å². The molecule has 0 unspecified atom stereocenters. The lowest BCUT2D eigenvalue weighted by atomic mass is 10.2. The molecule has 0 amide bonds. The highest BCUT2D eigenvalue weighted by Gasteiger charge is 2.11. The summed E-state index contributed by atoms with van der Waals surface area (Å²) in [6.07, 6.45) is 0.781. The summed E-state index contributed by atoms with van der Waals surface area (Å²) < 4.78 is 6.35. The Kier molecular flexibility index (Phi) is 4.38. The van der Waals surface area contributed by atoms with Crippen LogP contribution in [-0.2, 0) is 6.42 Å². The monoisotopic (exact) mass is 326 g/mol. The van der Waals surface area contributed by atoms with Crippen LogP contribution in [0.1, 0.15) is 15.2 Å². The molecule has 18 heavy (non-hydrogen) atoms. The van der Waals surface area contributed by atoms with E-state index >= 15 is 0 Å². The SMILES string of the molecule is O=C(O)c1ccc(Br)cc1OCCc1cccs1. The first kappa shape index (κ1) is 13.1. The molecule has 0 spiro atoms. The molecule has 2 rings (SSSR count). The molecule has 1 N–H and O–H groups in total. The van der Waals surface area contributed by atoms with Crippen molar-refractivity contribution < 1.29 is 14.6 Å². The Morgan fingerprint density at radius 2 is 2.22 bits per heavy atom. The van der Waals surface area contributed by atoms with Crippen LogP contribution < -0.4 is 4.74 Å². The minimum absolute atomic E-state index is 0.185. The minimum atomic E-state index is -0.978. The molecule has 0 radical (unpaired) electrons. The molecule has 0 atom stereocenters. The van der Waals surface area contributed by atoms with E-state index in [0.717, 1.165) is 10.9 Å². The fourth-order valence-corrected chi connectivity index (χ4v) is 2.54. The number of rotatable bonds is 5. The molecule has 0 aliphatic rings. The second kappa shape index (κ2) is 6.02. The number of ether oxygens (including phenoxy) is 1. The fraction of sp³-hybridized carbons (Fsp3) is 0.154. The van der Waals surface area contributed by atoms with E-state index in [0.29, 0.717) is 12.4 Å². The Bertz CT molecular complexity index is 537. The maximum absolute atomic E-state index is 11.0. The Labute approximate surface area is 117 Å². The minimum Gasteiger partial charge on any atom is -0.492 e. The topological polar surface area (TPSA) is 46.5 Å². The average Bonchev–Trinajstić information content (AvgIpc) is 2.82. The van der Waals surface area contributed by atoms with Gasteiger partial charge in [-0.2, -0.15) is 0 Å². The lowest BCUT2D eigenvalue weighted by molar-refractivity contribution is 0.0692. The van der Waals surface area contributed by atoms with Crippen LogP contribution in [0.2, 0.25) is 0 Å². The number of aromatic carboxylic acids is 1. The summed E-state index contributed by atoms with van der Waals surface area (Å²) in [7, 11) is 0. The maximum atomic E-state index is 11.0. The molecule has 1 aromatic carbocycles. The van der Waals surface area contributed by atoms with E-state index in [1.165, 1.54) is 10.9 Å². The molecule has 2 aromatic rings. The zero-order chi connectivity index (χ0) is 13.0. The molecule has 0 aliphatic heterocycles. The maximum Gasteiger partial charge on any atom is 0.339 e. The van der Waals surface area contributed by atoms with E-state index in [-0.39, 0.29) is 5.56 Å². The quantitative estimate of drug-likeness (QED) is 0.908. The van der Waals surface area contributed by atoms with Crippen LogP contribution in [0, 0.1) is 0 Å². The predicted molar refractivity (Wildman–Crippen MR) is 74.6 cm³/mol. The highest BCUT2D eigenvalue weighted by atomic mass is 79.9. The molecular weight excluding hydrogens is 316 g/mol. The number of carboxylic acid groups (broad SMARTS) is 1. The number of carbonyl (C=O) groups is 1. The lowest BCUT2D eigenvalue weighted by Gasteiger charge is -2.09. The summed E-state index contributed by atoms with van der Waals surface area (Å²) in [5, 5.41) is 11.1. The predicted octanol–water partition coefficient (Wildman–Crippen LogP) is 3.83. The third-order valence-electron chi connectivity index (χ3n) is 2.36. The van der Waals surface area contributed by atoms with Gasteiger partial charge in [-0.05, 0) is 29.6 Å². The molecule has 1 heterocycles. The van der Waals surface area contributed by atoms with Gasteiger partial charge in [0.05, 0.1) is 6.61 Å². The van der Waals surface area contributed by atoms with Gasteiger partial charge < -0.3 is 9.84 Å². The van der Waals surface area contributed by atoms with E-state index in [1.807, 2.05) is 17.5 Å². The van der Waals surface area contributed by atoms with Gasteiger partial charge in [0.1, 0.15) is 11.3 Å². The van der Waals surface area contributed by atoms with E-state index in [9.17, 15) is 4.79 Å². The summed E-state index contributed by atoms with van der Waals surface area (Å²) in [5.41, 5.74) is 0.185. The van der Waals surface area contributed by atoms with Gasteiger partial charge >= 0.3 is 5.97 Å². The molecule has 5 heteroatoms. The summed E-state index contributed by atoms with van der Waals surface area (Å²) in [6, 6.07) is 8.93. The van der Waals surface area contributed by atoms with Crippen LogP contribution in [0.4, 0.5) is 0 Å². The average molecular weight is 327 g/mol. The van der Waals surface area contributed by atoms with Gasteiger partial charge in [-0.15, -0.1) is 11.3 Å². The molecule has 0 bridgehead atoms. The van der Waals surface area contributed by atoms with Crippen molar-refractivity contribution in [3.05, 3.63) is 50.6 Å². The van der Waals surface area contributed by atoms with Crippen LogP contribution >= 0.6 is 27.3 Å². The number of hydrogen-bond donors (Lipinski definition) is 1. The van der Waals surface area contributed by atoms with Crippen molar-refractivity contribution in [1.29, 1.82) is 0 Å². The summed E-state index contributed by atoms with van der Waals surface area (Å²) in [5.74, 6) is -0.581. The Morgan fingerprint density at radius 1 is 1.39 bits per heavy atom. The fourth-order valence-electron chi connectivity index (χ4n) is 1.51. The molecule has 0 fully saturated rings. The van der Waals surface area contributed by atoms with Crippen molar-refractivity contribution in [2.75, 3.05) is 6.61 Å².